The van der Waals surface area contributed by atoms with E-state index in [2.05, 4.69) is 34.0 Å². The molecule has 5 nitrogen and oxygen atoms in total. The molecule has 0 aromatic carbocycles. The molecular formula is C13H24N4O. The standard InChI is InChI=1S/C13H24N4O/c1-5-11-15-12(14-4)10-13(16-11)17(6-2)8-9-18-7-3/h10H,5-9H2,1-4H3,(H,14,15,16). The maximum Gasteiger partial charge on any atom is 0.134 e. The van der Waals surface area contributed by atoms with Gasteiger partial charge in [-0.1, -0.05) is 6.92 Å². The molecule has 0 aliphatic heterocycles. The molecule has 0 atom stereocenters. The summed E-state index contributed by atoms with van der Waals surface area (Å²) in [5, 5.41) is 3.08. The Bertz CT molecular complexity index is 335. The van der Waals surface area contributed by atoms with E-state index in [9.17, 15) is 0 Å². The van der Waals surface area contributed by atoms with Gasteiger partial charge in [0.2, 0.25) is 0 Å². The van der Waals surface area contributed by atoms with E-state index in [-0.39, 0.29) is 0 Å². The minimum Gasteiger partial charge on any atom is -0.380 e. The van der Waals surface area contributed by atoms with Crippen LogP contribution in [0.3, 0.4) is 0 Å². The SMILES string of the molecule is CCOCCN(CC)c1cc(NC)nc(CC)n1. The average molecular weight is 252 g/mol. The first-order chi connectivity index (χ1) is 8.74. The van der Waals surface area contributed by atoms with Crippen molar-refractivity contribution in [1.29, 1.82) is 0 Å². The number of anilines is 2. The summed E-state index contributed by atoms with van der Waals surface area (Å²) in [5.74, 6) is 2.70. The molecule has 1 aromatic rings. The van der Waals surface area contributed by atoms with Gasteiger partial charge in [0.15, 0.2) is 0 Å². The number of likely N-dealkylation sites (N-methyl/N-ethyl adjacent to an activating group) is 1. The second kappa shape index (κ2) is 7.87. The zero-order chi connectivity index (χ0) is 13.4. The van der Waals surface area contributed by atoms with Gasteiger partial charge in [-0.05, 0) is 13.8 Å². The van der Waals surface area contributed by atoms with Crippen molar-refractivity contribution in [1.82, 2.24) is 9.97 Å². The zero-order valence-corrected chi connectivity index (χ0v) is 11.9. The van der Waals surface area contributed by atoms with Crippen molar-refractivity contribution >= 4 is 11.6 Å². The monoisotopic (exact) mass is 252 g/mol. The number of ether oxygens (including phenoxy) is 1. The fourth-order valence-electron chi connectivity index (χ4n) is 1.69. The molecule has 18 heavy (non-hydrogen) atoms. The second-order valence-corrected chi connectivity index (χ2v) is 3.91. The molecule has 0 aliphatic carbocycles. The predicted molar refractivity (Wildman–Crippen MR) is 75.3 cm³/mol. The molecule has 102 valence electrons. The van der Waals surface area contributed by atoms with Crippen LogP contribution in [-0.4, -0.2) is 43.3 Å². The summed E-state index contributed by atoms with van der Waals surface area (Å²) in [6, 6.07) is 1.98. The van der Waals surface area contributed by atoms with Crippen molar-refractivity contribution in [2.45, 2.75) is 27.2 Å². The molecule has 0 bridgehead atoms. The summed E-state index contributed by atoms with van der Waals surface area (Å²) in [6.07, 6.45) is 0.839. The van der Waals surface area contributed by atoms with Crippen molar-refractivity contribution in [3.05, 3.63) is 11.9 Å². The Morgan fingerprint density at radius 3 is 2.61 bits per heavy atom. The van der Waals surface area contributed by atoms with E-state index in [0.29, 0.717) is 0 Å². The molecule has 1 N–H and O–H groups in total. The molecule has 0 aliphatic rings. The molecule has 0 unspecified atom stereocenters. The van der Waals surface area contributed by atoms with Crippen LogP contribution in [-0.2, 0) is 11.2 Å². The van der Waals surface area contributed by atoms with E-state index in [0.717, 1.165) is 50.2 Å². The van der Waals surface area contributed by atoms with Crippen LogP contribution in [0.15, 0.2) is 6.07 Å². The maximum absolute atomic E-state index is 5.40. The first kappa shape index (κ1) is 14.7. The highest BCUT2D eigenvalue weighted by atomic mass is 16.5. The summed E-state index contributed by atoms with van der Waals surface area (Å²) in [7, 11) is 1.88. The van der Waals surface area contributed by atoms with Gasteiger partial charge in [-0.15, -0.1) is 0 Å². The Labute approximate surface area is 110 Å². The first-order valence-electron chi connectivity index (χ1n) is 6.63. The largest absolute Gasteiger partial charge is 0.380 e. The second-order valence-electron chi connectivity index (χ2n) is 3.91. The van der Waals surface area contributed by atoms with E-state index in [1.807, 2.05) is 20.0 Å². The Morgan fingerprint density at radius 2 is 2.06 bits per heavy atom. The number of hydrogen-bond acceptors (Lipinski definition) is 5. The van der Waals surface area contributed by atoms with Crippen molar-refractivity contribution in [3.63, 3.8) is 0 Å². The number of aryl methyl sites for hydroxylation is 1. The van der Waals surface area contributed by atoms with Crippen LogP contribution in [0.5, 0.6) is 0 Å². The van der Waals surface area contributed by atoms with Crippen LogP contribution in [0.25, 0.3) is 0 Å². The third-order valence-corrected chi connectivity index (χ3v) is 2.75. The molecule has 0 saturated carbocycles. The van der Waals surface area contributed by atoms with Crippen LogP contribution in [0, 0.1) is 0 Å². The predicted octanol–water partition coefficient (Wildman–Crippen LogP) is 1.94. The van der Waals surface area contributed by atoms with Crippen LogP contribution in [0.2, 0.25) is 0 Å². The molecule has 0 radical (unpaired) electrons. The lowest BCUT2D eigenvalue weighted by Gasteiger charge is -2.22. The smallest absolute Gasteiger partial charge is 0.134 e. The Balaban J connectivity index is 2.83. The molecule has 0 amide bonds. The van der Waals surface area contributed by atoms with E-state index in [1.54, 1.807) is 0 Å². The van der Waals surface area contributed by atoms with Crippen molar-refractivity contribution in [2.75, 3.05) is 43.6 Å². The summed E-state index contributed by atoms with van der Waals surface area (Å²) in [6.45, 7) is 9.45. The third-order valence-electron chi connectivity index (χ3n) is 2.75. The molecular weight excluding hydrogens is 228 g/mol. The van der Waals surface area contributed by atoms with E-state index < -0.39 is 0 Å². The minimum absolute atomic E-state index is 0.727. The number of aromatic nitrogens is 2. The van der Waals surface area contributed by atoms with Gasteiger partial charge in [-0.2, -0.15) is 0 Å². The summed E-state index contributed by atoms with van der Waals surface area (Å²) in [5.41, 5.74) is 0. The molecule has 1 aromatic heterocycles. The van der Waals surface area contributed by atoms with E-state index in [4.69, 9.17) is 4.74 Å². The molecule has 0 fully saturated rings. The highest BCUT2D eigenvalue weighted by Crippen LogP contribution is 2.15. The van der Waals surface area contributed by atoms with Crippen molar-refractivity contribution < 1.29 is 4.74 Å². The van der Waals surface area contributed by atoms with E-state index >= 15 is 0 Å². The maximum atomic E-state index is 5.40. The summed E-state index contributed by atoms with van der Waals surface area (Å²) >= 11 is 0. The lowest BCUT2D eigenvalue weighted by molar-refractivity contribution is 0.154. The van der Waals surface area contributed by atoms with Gasteiger partial charge in [0.25, 0.3) is 0 Å². The highest BCUT2D eigenvalue weighted by Gasteiger charge is 2.09. The van der Waals surface area contributed by atoms with Gasteiger partial charge in [0.05, 0.1) is 6.61 Å². The average Bonchev–Trinajstić information content (AvgIpc) is 2.43. The molecule has 1 heterocycles. The van der Waals surface area contributed by atoms with Gasteiger partial charge >= 0.3 is 0 Å². The van der Waals surface area contributed by atoms with Crippen LogP contribution >= 0.6 is 0 Å². The molecule has 5 heteroatoms. The summed E-state index contributed by atoms with van der Waals surface area (Å²) in [4.78, 5) is 11.2. The molecule has 1 rings (SSSR count). The third kappa shape index (κ3) is 4.14. The number of rotatable bonds is 8. The van der Waals surface area contributed by atoms with Crippen LogP contribution in [0.1, 0.15) is 26.6 Å². The van der Waals surface area contributed by atoms with Gasteiger partial charge in [-0.3, -0.25) is 0 Å². The van der Waals surface area contributed by atoms with Crippen molar-refractivity contribution in [3.8, 4) is 0 Å². The van der Waals surface area contributed by atoms with Crippen molar-refractivity contribution in [2.24, 2.45) is 0 Å². The minimum atomic E-state index is 0.727. The number of hydrogen-bond donors (Lipinski definition) is 1. The Hall–Kier alpha value is -1.36. The Morgan fingerprint density at radius 1 is 1.28 bits per heavy atom. The highest BCUT2D eigenvalue weighted by molar-refractivity contribution is 5.49. The summed E-state index contributed by atoms with van der Waals surface area (Å²) < 4.78 is 5.40. The normalized spacial score (nSPS) is 10.4. The number of nitrogens with one attached hydrogen (secondary N) is 1. The Kier molecular flexibility index (Phi) is 6.43. The van der Waals surface area contributed by atoms with Gasteiger partial charge in [0, 0.05) is 39.2 Å². The first-order valence-corrected chi connectivity index (χ1v) is 6.63. The topological polar surface area (TPSA) is 50.3 Å². The number of nitrogens with zero attached hydrogens (tertiary/aromatic N) is 3. The lowest BCUT2D eigenvalue weighted by Crippen LogP contribution is -2.28. The zero-order valence-electron chi connectivity index (χ0n) is 11.9. The van der Waals surface area contributed by atoms with Crippen LogP contribution < -0.4 is 10.2 Å². The molecule has 0 saturated heterocycles. The van der Waals surface area contributed by atoms with Gasteiger partial charge in [-0.25, -0.2) is 9.97 Å². The fraction of sp³-hybridized carbons (Fsp3) is 0.692. The molecule has 0 spiro atoms. The quantitative estimate of drug-likeness (QED) is 0.717. The van der Waals surface area contributed by atoms with Gasteiger partial charge in [0.1, 0.15) is 17.5 Å². The van der Waals surface area contributed by atoms with Crippen LogP contribution in [0.4, 0.5) is 11.6 Å². The fourth-order valence-corrected chi connectivity index (χ4v) is 1.69. The van der Waals surface area contributed by atoms with E-state index in [1.165, 1.54) is 0 Å². The lowest BCUT2D eigenvalue weighted by atomic mass is 10.4. The van der Waals surface area contributed by atoms with Gasteiger partial charge < -0.3 is 15.0 Å².